The van der Waals surface area contributed by atoms with Crippen LogP contribution in [0.25, 0.3) is 0 Å². The van der Waals surface area contributed by atoms with Gasteiger partial charge in [-0.05, 0) is 26.3 Å². The number of nitro benzene ring substituents is 1. The molecule has 0 aromatic heterocycles. The Hall–Kier alpha value is -1.78. The fourth-order valence-corrected chi connectivity index (χ4v) is 2.14. The first-order valence-corrected chi connectivity index (χ1v) is 8.12. The van der Waals surface area contributed by atoms with Gasteiger partial charge in [0.15, 0.2) is 11.5 Å². The number of non-ortho nitro benzene ring substituents is 1. The molecule has 0 saturated heterocycles. The van der Waals surface area contributed by atoms with E-state index < -0.39 is 4.92 Å². The highest BCUT2D eigenvalue weighted by Gasteiger charge is 2.14. The second-order valence-electron chi connectivity index (χ2n) is 5.67. The molecule has 0 aliphatic carbocycles. The molecule has 0 saturated carbocycles. The number of ether oxygens (including phenoxy) is 2. The molecule has 0 aliphatic rings. The SMILES string of the molecule is CCCCCCCCOc1ccc([N+](=O)[O-])cc1OC(C)C. The summed E-state index contributed by atoms with van der Waals surface area (Å²) in [6, 6.07) is 4.49. The Morgan fingerprint density at radius 1 is 1.09 bits per heavy atom. The van der Waals surface area contributed by atoms with E-state index in [2.05, 4.69) is 6.92 Å². The quantitative estimate of drug-likeness (QED) is 0.323. The summed E-state index contributed by atoms with van der Waals surface area (Å²) in [5, 5.41) is 10.8. The Kier molecular flexibility index (Phi) is 8.33. The summed E-state index contributed by atoms with van der Waals surface area (Å²) in [5.41, 5.74) is 0.0163. The highest BCUT2D eigenvalue weighted by atomic mass is 16.6. The summed E-state index contributed by atoms with van der Waals surface area (Å²) in [7, 11) is 0. The molecule has 0 fully saturated rings. The molecule has 0 bridgehead atoms. The Morgan fingerprint density at radius 3 is 2.41 bits per heavy atom. The van der Waals surface area contributed by atoms with Crippen LogP contribution in [0.3, 0.4) is 0 Å². The van der Waals surface area contributed by atoms with Gasteiger partial charge >= 0.3 is 0 Å². The van der Waals surface area contributed by atoms with Crippen molar-refractivity contribution in [3.8, 4) is 11.5 Å². The molecular weight excluding hydrogens is 282 g/mol. The van der Waals surface area contributed by atoms with Gasteiger partial charge in [-0.15, -0.1) is 0 Å². The molecule has 0 spiro atoms. The smallest absolute Gasteiger partial charge is 0.273 e. The van der Waals surface area contributed by atoms with Crippen LogP contribution >= 0.6 is 0 Å². The second kappa shape index (κ2) is 10.0. The highest BCUT2D eigenvalue weighted by molar-refractivity contribution is 5.48. The molecule has 1 rings (SSSR count). The maximum Gasteiger partial charge on any atom is 0.273 e. The topological polar surface area (TPSA) is 61.6 Å². The first-order chi connectivity index (χ1) is 10.5. The average molecular weight is 309 g/mol. The average Bonchev–Trinajstić information content (AvgIpc) is 2.46. The van der Waals surface area contributed by atoms with Crippen LogP contribution in [-0.4, -0.2) is 17.6 Å². The van der Waals surface area contributed by atoms with Crippen LogP contribution in [0.15, 0.2) is 18.2 Å². The van der Waals surface area contributed by atoms with Crippen molar-refractivity contribution in [3.05, 3.63) is 28.3 Å². The van der Waals surface area contributed by atoms with E-state index in [0.717, 1.165) is 12.8 Å². The molecule has 0 unspecified atom stereocenters. The summed E-state index contributed by atoms with van der Waals surface area (Å²) in [6.45, 7) is 6.58. The van der Waals surface area contributed by atoms with Crippen molar-refractivity contribution in [1.29, 1.82) is 0 Å². The minimum atomic E-state index is -0.426. The van der Waals surface area contributed by atoms with Crippen molar-refractivity contribution < 1.29 is 14.4 Å². The van der Waals surface area contributed by atoms with Gasteiger partial charge in [0.25, 0.3) is 5.69 Å². The van der Waals surface area contributed by atoms with Gasteiger partial charge in [-0.1, -0.05) is 39.0 Å². The highest BCUT2D eigenvalue weighted by Crippen LogP contribution is 2.32. The van der Waals surface area contributed by atoms with Crippen molar-refractivity contribution in [3.63, 3.8) is 0 Å². The number of nitro groups is 1. The van der Waals surface area contributed by atoms with Gasteiger partial charge < -0.3 is 9.47 Å². The molecule has 1 aromatic rings. The van der Waals surface area contributed by atoms with Gasteiger partial charge in [0.1, 0.15) is 0 Å². The van der Waals surface area contributed by atoms with Crippen LogP contribution in [0, 0.1) is 10.1 Å². The third-order valence-corrected chi connectivity index (χ3v) is 3.26. The zero-order valence-corrected chi connectivity index (χ0v) is 13.8. The largest absolute Gasteiger partial charge is 0.490 e. The molecule has 22 heavy (non-hydrogen) atoms. The van der Waals surface area contributed by atoms with Gasteiger partial charge in [0.05, 0.1) is 23.7 Å². The Bertz CT molecular complexity index is 460. The zero-order chi connectivity index (χ0) is 16.4. The van der Waals surface area contributed by atoms with Crippen LogP contribution in [0.1, 0.15) is 59.3 Å². The van der Waals surface area contributed by atoms with E-state index in [4.69, 9.17) is 9.47 Å². The van der Waals surface area contributed by atoms with Crippen LogP contribution in [0.5, 0.6) is 11.5 Å². The van der Waals surface area contributed by atoms with Crippen LogP contribution in [0.2, 0.25) is 0 Å². The number of hydrogen-bond donors (Lipinski definition) is 0. The fourth-order valence-electron chi connectivity index (χ4n) is 2.14. The third-order valence-electron chi connectivity index (χ3n) is 3.26. The van der Waals surface area contributed by atoms with Crippen molar-refractivity contribution in [2.75, 3.05) is 6.61 Å². The summed E-state index contributed by atoms with van der Waals surface area (Å²) in [4.78, 5) is 10.4. The zero-order valence-electron chi connectivity index (χ0n) is 13.8. The minimum absolute atomic E-state index is 0.0163. The van der Waals surface area contributed by atoms with Crippen molar-refractivity contribution in [2.24, 2.45) is 0 Å². The molecule has 0 amide bonds. The van der Waals surface area contributed by atoms with E-state index in [0.29, 0.717) is 18.1 Å². The Labute approximate surface area is 132 Å². The third kappa shape index (κ3) is 6.78. The minimum Gasteiger partial charge on any atom is -0.490 e. The number of nitrogens with zero attached hydrogens (tertiary/aromatic N) is 1. The van der Waals surface area contributed by atoms with E-state index in [1.54, 1.807) is 6.07 Å². The lowest BCUT2D eigenvalue weighted by molar-refractivity contribution is -0.385. The maximum atomic E-state index is 10.8. The van der Waals surface area contributed by atoms with Crippen LogP contribution in [-0.2, 0) is 0 Å². The van der Waals surface area contributed by atoms with E-state index >= 15 is 0 Å². The van der Waals surface area contributed by atoms with Gasteiger partial charge in [-0.25, -0.2) is 0 Å². The predicted octanol–water partition coefficient (Wildman–Crippen LogP) is 5.12. The Morgan fingerprint density at radius 2 is 1.77 bits per heavy atom. The van der Waals surface area contributed by atoms with Gasteiger partial charge in [-0.2, -0.15) is 0 Å². The first kappa shape index (κ1) is 18.3. The molecule has 0 radical (unpaired) electrons. The van der Waals surface area contributed by atoms with Gasteiger partial charge in [-0.3, -0.25) is 10.1 Å². The van der Waals surface area contributed by atoms with Crippen molar-refractivity contribution in [1.82, 2.24) is 0 Å². The molecule has 5 heteroatoms. The predicted molar refractivity (Wildman–Crippen MR) is 87.7 cm³/mol. The van der Waals surface area contributed by atoms with Crippen LogP contribution < -0.4 is 9.47 Å². The lowest BCUT2D eigenvalue weighted by atomic mass is 10.1. The summed E-state index contributed by atoms with van der Waals surface area (Å²) >= 11 is 0. The number of benzene rings is 1. The Balaban J connectivity index is 2.52. The summed E-state index contributed by atoms with van der Waals surface area (Å²) in [5.74, 6) is 1.02. The van der Waals surface area contributed by atoms with E-state index in [-0.39, 0.29) is 11.8 Å². The fraction of sp³-hybridized carbons (Fsp3) is 0.647. The van der Waals surface area contributed by atoms with Gasteiger partial charge in [0.2, 0.25) is 0 Å². The number of rotatable bonds is 11. The maximum absolute atomic E-state index is 10.8. The lowest BCUT2D eigenvalue weighted by Gasteiger charge is -2.14. The standard InChI is InChI=1S/C17H27NO4/c1-4-5-6-7-8-9-12-21-16-11-10-15(18(19)20)13-17(16)22-14(2)3/h10-11,13-14H,4-9,12H2,1-3H3. The molecule has 124 valence electrons. The first-order valence-electron chi connectivity index (χ1n) is 8.12. The van der Waals surface area contributed by atoms with E-state index in [1.807, 2.05) is 13.8 Å². The summed E-state index contributed by atoms with van der Waals surface area (Å²) in [6.07, 6.45) is 7.11. The van der Waals surface area contributed by atoms with Crippen molar-refractivity contribution in [2.45, 2.75) is 65.4 Å². The lowest BCUT2D eigenvalue weighted by Crippen LogP contribution is -2.08. The molecular formula is C17H27NO4. The number of unbranched alkanes of at least 4 members (excludes halogenated alkanes) is 5. The summed E-state index contributed by atoms with van der Waals surface area (Å²) < 4.78 is 11.3. The molecule has 0 atom stereocenters. The molecule has 5 nitrogen and oxygen atoms in total. The monoisotopic (exact) mass is 309 g/mol. The van der Waals surface area contributed by atoms with Crippen LogP contribution in [0.4, 0.5) is 5.69 Å². The normalized spacial score (nSPS) is 10.7. The second-order valence-corrected chi connectivity index (χ2v) is 5.67. The number of hydrogen-bond acceptors (Lipinski definition) is 4. The molecule has 0 aliphatic heterocycles. The molecule has 0 heterocycles. The van der Waals surface area contributed by atoms with E-state index in [9.17, 15) is 10.1 Å². The molecule has 1 aromatic carbocycles. The van der Waals surface area contributed by atoms with E-state index in [1.165, 1.54) is 37.8 Å². The van der Waals surface area contributed by atoms with Gasteiger partial charge in [0, 0.05) is 6.07 Å². The molecule has 0 N–H and O–H groups in total. The van der Waals surface area contributed by atoms with Crippen molar-refractivity contribution >= 4 is 5.69 Å².